The lowest BCUT2D eigenvalue weighted by molar-refractivity contribution is -0.134. The number of anilines is 1. The van der Waals surface area contributed by atoms with E-state index < -0.39 is 0 Å². The lowest BCUT2D eigenvalue weighted by Gasteiger charge is -2.36. The van der Waals surface area contributed by atoms with Gasteiger partial charge in [0.2, 0.25) is 5.91 Å². The van der Waals surface area contributed by atoms with Crippen molar-refractivity contribution >= 4 is 36.4 Å². The fraction of sp³-hybridized carbons (Fsp3) is 0.444. The third-order valence-corrected chi connectivity index (χ3v) is 4.52. The van der Waals surface area contributed by atoms with Gasteiger partial charge in [-0.25, -0.2) is 4.98 Å². The number of piperazine rings is 1. The molecule has 2 aromatic rings. The number of hydrogen-bond donors (Lipinski definition) is 2. The predicted octanol–water partition coefficient (Wildman–Crippen LogP) is 2.55. The highest BCUT2D eigenvalue weighted by atomic mass is 35.5. The molecule has 1 aliphatic heterocycles. The van der Waals surface area contributed by atoms with Crippen LogP contribution in [0.1, 0.15) is 23.9 Å². The van der Waals surface area contributed by atoms with Crippen LogP contribution in [0.15, 0.2) is 36.7 Å². The van der Waals surface area contributed by atoms with Gasteiger partial charge in [0, 0.05) is 57.7 Å². The van der Waals surface area contributed by atoms with E-state index in [4.69, 9.17) is 0 Å². The molecule has 1 aliphatic rings. The molecule has 2 heterocycles. The Morgan fingerprint density at radius 1 is 1.35 bits per heavy atom. The summed E-state index contributed by atoms with van der Waals surface area (Å²) in [5, 5.41) is 6.72. The first-order valence-corrected chi connectivity index (χ1v) is 8.43. The number of aromatic nitrogens is 2. The van der Waals surface area contributed by atoms with Crippen LogP contribution in [0.5, 0.6) is 0 Å². The zero-order chi connectivity index (χ0) is 16.9. The van der Waals surface area contributed by atoms with E-state index in [0.29, 0.717) is 13.0 Å². The van der Waals surface area contributed by atoms with Gasteiger partial charge >= 0.3 is 0 Å². The molecular weight excluding hydrogens is 373 g/mol. The van der Waals surface area contributed by atoms with E-state index in [2.05, 4.69) is 28.6 Å². The van der Waals surface area contributed by atoms with Gasteiger partial charge in [0.1, 0.15) is 11.9 Å². The van der Waals surface area contributed by atoms with Gasteiger partial charge in [-0.05, 0) is 18.6 Å². The van der Waals surface area contributed by atoms with Gasteiger partial charge in [-0.2, -0.15) is 0 Å². The molecule has 0 aliphatic carbocycles. The van der Waals surface area contributed by atoms with E-state index in [0.717, 1.165) is 31.1 Å². The number of carbonyl (C=O) groups is 1. The van der Waals surface area contributed by atoms with Gasteiger partial charge in [-0.1, -0.05) is 18.2 Å². The van der Waals surface area contributed by atoms with Crippen LogP contribution < -0.4 is 10.6 Å². The summed E-state index contributed by atoms with van der Waals surface area (Å²) in [5.41, 5.74) is 2.28. The van der Waals surface area contributed by atoms with E-state index >= 15 is 0 Å². The minimum absolute atomic E-state index is 0. The predicted molar refractivity (Wildman–Crippen MR) is 109 cm³/mol. The molecule has 1 atom stereocenters. The summed E-state index contributed by atoms with van der Waals surface area (Å²) in [6, 6.07) is 8.14. The van der Waals surface area contributed by atoms with Crippen molar-refractivity contribution in [2.45, 2.75) is 19.4 Å². The summed E-state index contributed by atoms with van der Waals surface area (Å²) >= 11 is 0. The quantitative estimate of drug-likeness (QED) is 0.810. The number of carbonyl (C=O) groups excluding carboxylic acids is 1. The van der Waals surface area contributed by atoms with E-state index in [9.17, 15) is 4.79 Å². The lowest BCUT2D eigenvalue weighted by Crippen LogP contribution is -2.49. The van der Waals surface area contributed by atoms with Crippen molar-refractivity contribution in [3.63, 3.8) is 0 Å². The van der Waals surface area contributed by atoms with Crippen LogP contribution in [-0.4, -0.2) is 46.5 Å². The van der Waals surface area contributed by atoms with Gasteiger partial charge in [0.15, 0.2) is 0 Å². The third-order valence-electron chi connectivity index (χ3n) is 4.52. The number of nitrogens with one attached hydrogen (secondary N) is 2. The fourth-order valence-corrected chi connectivity index (χ4v) is 3.15. The smallest absolute Gasteiger partial charge is 0.225 e. The van der Waals surface area contributed by atoms with Crippen LogP contribution in [0.4, 0.5) is 5.69 Å². The van der Waals surface area contributed by atoms with Crippen molar-refractivity contribution < 1.29 is 4.79 Å². The molecule has 0 bridgehead atoms. The molecule has 3 rings (SSSR count). The summed E-state index contributed by atoms with van der Waals surface area (Å²) in [6.07, 6.45) is 4.19. The van der Waals surface area contributed by atoms with Crippen LogP contribution in [0.3, 0.4) is 0 Å². The first kappa shape index (κ1) is 22.3. The lowest BCUT2D eigenvalue weighted by atomic mass is 10.1. The minimum Gasteiger partial charge on any atom is -0.384 e. The van der Waals surface area contributed by atoms with E-state index in [1.807, 2.05) is 40.9 Å². The molecule has 2 N–H and O–H groups in total. The highest BCUT2D eigenvalue weighted by molar-refractivity contribution is 5.85. The molecule has 8 heteroatoms. The third kappa shape index (κ3) is 5.13. The normalized spacial score (nSPS) is 16.4. The summed E-state index contributed by atoms with van der Waals surface area (Å²) < 4.78 is 1.99. The van der Waals surface area contributed by atoms with Crippen LogP contribution in [0, 0.1) is 6.92 Å². The second kappa shape index (κ2) is 10.4. The Hall–Kier alpha value is -1.76. The Labute approximate surface area is 167 Å². The number of hydrogen-bond acceptors (Lipinski definition) is 4. The maximum absolute atomic E-state index is 12.7. The van der Waals surface area contributed by atoms with Gasteiger partial charge < -0.3 is 20.1 Å². The molecule has 0 spiro atoms. The number of nitrogens with zero attached hydrogens (tertiary/aromatic N) is 3. The highest BCUT2D eigenvalue weighted by Crippen LogP contribution is 2.21. The minimum atomic E-state index is 0. The highest BCUT2D eigenvalue weighted by Gasteiger charge is 2.29. The van der Waals surface area contributed by atoms with Gasteiger partial charge in [-0.3, -0.25) is 4.79 Å². The molecule has 1 saturated heterocycles. The Morgan fingerprint density at radius 3 is 2.81 bits per heavy atom. The number of imidazole rings is 1. The van der Waals surface area contributed by atoms with Crippen LogP contribution in [0.25, 0.3) is 0 Å². The van der Waals surface area contributed by atoms with Crippen molar-refractivity contribution in [2.75, 3.05) is 31.5 Å². The van der Waals surface area contributed by atoms with Crippen LogP contribution in [0.2, 0.25) is 0 Å². The molecule has 1 aromatic carbocycles. The second-order valence-electron chi connectivity index (χ2n) is 6.20. The number of para-hydroxylation sites is 1. The summed E-state index contributed by atoms with van der Waals surface area (Å²) in [7, 11) is 1.97. The molecule has 144 valence electrons. The largest absolute Gasteiger partial charge is 0.384 e. The first-order chi connectivity index (χ1) is 11.7. The zero-order valence-electron chi connectivity index (χ0n) is 15.1. The topological polar surface area (TPSA) is 62.2 Å². The van der Waals surface area contributed by atoms with E-state index in [1.165, 1.54) is 5.56 Å². The van der Waals surface area contributed by atoms with Crippen molar-refractivity contribution in [3.05, 3.63) is 48.0 Å². The number of amides is 1. The maximum atomic E-state index is 12.7. The average molecular weight is 400 g/mol. The molecule has 6 nitrogen and oxygen atoms in total. The molecule has 0 saturated carbocycles. The Balaban J connectivity index is 0.00000169. The molecule has 26 heavy (non-hydrogen) atoms. The standard InChI is InChI=1S/C18H25N5O.2ClH/c1-14-5-3-4-6-15(14)20-8-7-17(24)23-12-9-19-13-16(23)18-21-10-11-22(18)2;;/h3-6,10-11,16,19-20H,7-9,12-13H2,1-2H3;2*1H. The van der Waals surface area contributed by atoms with Crippen LogP contribution in [-0.2, 0) is 11.8 Å². The second-order valence-corrected chi connectivity index (χ2v) is 6.20. The number of halogens is 2. The summed E-state index contributed by atoms with van der Waals surface area (Å²) in [4.78, 5) is 19.1. The molecule has 1 fully saturated rings. The molecule has 1 aromatic heterocycles. The fourth-order valence-electron chi connectivity index (χ4n) is 3.15. The Kier molecular flexibility index (Phi) is 8.92. The van der Waals surface area contributed by atoms with Crippen LogP contribution >= 0.6 is 24.8 Å². The molecule has 1 amide bonds. The van der Waals surface area contributed by atoms with E-state index in [1.54, 1.807) is 6.20 Å². The number of rotatable bonds is 5. The van der Waals surface area contributed by atoms with Crippen molar-refractivity contribution in [2.24, 2.45) is 7.05 Å². The Bertz CT molecular complexity index is 706. The monoisotopic (exact) mass is 399 g/mol. The Morgan fingerprint density at radius 2 is 2.12 bits per heavy atom. The summed E-state index contributed by atoms with van der Waals surface area (Å²) in [6.45, 7) is 5.01. The number of benzene rings is 1. The number of aryl methyl sites for hydroxylation is 2. The zero-order valence-corrected chi connectivity index (χ0v) is 16.8. The van der Waals surface area contributed by atoms with Gasteiger partial charge in [0.05, 0.1) is 0 Å². The molecule has 1 unspecified atom stereocenters. The van der Waals surface area contributed by atoms with Crippen molar-refractivity contribution in [1.82, 2.24) is 19.8 Å². The SMILES string of the molecule is Cc1ccccc1NCCC(=O)N1CCNCC1c1nccn1C.Cl.Cl. The molecular formula is C18H27Cl2N5O. The molecule has 0 radical (unpaired) electrons. The van der Waals surface area contributed by atoms with Gasteiger partial charge in [0.25, 0.3) is 0 Å². The van der Waals surface area contributed by atoms with Gasteiger partial charge in [-0.15, -0.1) is 24.8 Å². The van der Waals surface area contributed by atoms with E-state index in [-0.39, 0.29) is 36.8 Å². The first-order valence-electron chi connectivity index (χ1n) is 8.43. The van der Waals surface area contributed by atoms with Crippen molar-refractivity contribution in [3.8, 4) is 0 Å². The van der Waals surface area contributed by atoms with Crippen molar-refractivity contribution in [1.29, 1.82) is 0 Å². The average Bonchev–Trinajstić information content (AvgIpc) is 3.02. The summed E-state index contributed by atoms with van der Waals surface area (Å²) in [5.74, 6) is 1.10. The maximum Gasteiger partial charge on any atom is 0.225 e.